The predicted molar refractivity (Wildman–Crippen MR) is 113 cm³/mol. The number of Topliss-reactive ketones (excluding diaryl/α,β-unsaturated/α-hetero) is 1. The average molecular weight is 390 g/mol. The fraction of sp³-hybridized carbons (Fsp3) is 0.435. The van der Waals surface area contributed by atoms with Crippen molar-refractivity contribution in [3.8, 4) is 0 Å². The summed E-state index contributed by atoms with van der Waals surface area (Å²) in [6.07, 6.45) is 5.64. The minimum atomic E-state index is -0.359. The second kappa shape index (κ2) is 7.17. The van der Waals surface area contributed by atoms with E-state index in [1.807, 2.05) is 31.2 Å². The molecule has 1 fully saturated rings. The maximum absolute atomic E-state index is 13.3. The zero-order chi connectivity index (χ0) is 20.0. The van der Waals surface area contributed by atoms with Crippen molar-refractivity contribution in [1.82, 2.24) is 9.97 Å². The van der Waals surface area contributed by atoms with Crippen LogP contribution in [0.4, 0.5) is 11.8 Å². The van der Waals surface area contributed by atoms with Gasteiger partial charge in [-0.05, 0) is 50.2 Å². The Hall–Kier alpha value is -2.89. The van der Waals surface area contributed by atoms with Crippen LogP contribution in [0.5, 0.6) is 0 Å². The molecule has 2 N–H and O–H groups in total. The van der Waals surface area contributed by atoms with Gasteiger partial charge < -0.3 is 10.2 Å². The molecule has 1 aliphatic carbocycles. The SMILES string of the molecule is Cc1ccccc1[C@@H]1C2=C(CCCC2=O)Nc2nc(N3CCCCC3)[nH]c(=O)c21. The van der Waals surface area contributed by atoms with Crippen molar-refractivity contribution in [3.63, 3.8) is 0 Å². The summed E-state index contributed by atoms with van der Waals surface area (Å²) in [5.41, 5.74) is 4.18. The summed E-state index contributed by atoms with van der Waals surface area (Å²) in [4.78, 5) is 36.2. The third-order valence-electron chi connectivity index (χ3n) is 6.40. The van der Waals surface area contributed by atoms with Crippen molar-refractivity contribution < 1.29 is 4.79 Å². The molecule has 0 amide bonds. The van der Waals surface area contributed by atoms with E-state index in [0.717, 1.165) is 61.2 Å². The molecule has 1 aromatic heterocycles. The van der Waals surface area contributed by atoms with Gasteiger partial charge in [0.1, 0.15) is 5.82 Å². The maximum atomic E-state index is 13.3. The number of aromatic nitrogens is 2. The van der Waals surface area contributed by atoms with Gasteiger partial charge in [-0.1, -0.05) is 24.3 Å². The highest BCUT2D eigenvalue weighted by atomic mass is 16.1. The fourth-order valence-electron chi connectivity index (χ4n) is 4.93. The lowest BCUT2D eigenvalue weighted by Crippen LogP contribution is -2.36. The monoisotopic (exact) mass is 390 g/mol. The second-order valence-corrected chi connectivity index (χ2v) is 8.28. The molecule has 5 rings (SSSR count). The Morgan fingerprint density at radius 3 is 2.62 bits per heavy atom. The highest BCUT2D eigenvalue weighted by Crippen LogP contribution is 2.44. The molecule has 3 aliphatic rings. The Balaban J connectivity index is 1.69. The van der Waals surface area contributed by atoms with E-state index in [2.05, 4.69) is 15.2 Å². The Morgan fingerprint density at radius 2 is 1.83 bits per heavy atom. The van der Waals surface area contributed by atoms with Crippen molar-refractivity contribution >= 4 is 17.5 Å². The molecule has 2 aromatic rings. The number of carbonyl (C=O) groups excluding carboxylic acids is 1. The molecule has 1 aromatic carbocycles. The zero-order valence-corrected chi connectivity index (χ0v) is 16.8. The van der Waals surface area contributed by atoms with Crippen LogP contribution in [0.2, 0.25) is 0 Å². The molecule has 150 valence electrons. The molecule has 6 heteroatoms. The molecule has 6 nitrogen and oxygen atoms in total. The van der Waals surface area contributed by atoms with Gasteiger partial charge in [0.2, 0.25) is 5.95 Å². The largest absolute Gasteiger partial charge is 0.343 e. The molecule has 29 heavy (non-hydrogen) atoms. The third kappa shape index (κ3) is 3.07. The summed E-state index contributed by atoms with van der Waals surface area (Å²) in [6, 6.07) is 8.02. The molecule has 3 heterocycles. The van der Waals surface area contributed by atoms with E-state index in [1.165, 1.54) is 6.42 Å². The van der Waals surface area contributed by atoms with Crippen LogP contribution in [0.1, 0.15) is 61.1 Å². The Kier molecular flexibility index (Phi) is 4.49. The summed E-state index contributed by atoms with van der Waals surface area (Å²) >= 11 is 0. The number of aromatic amines is 1. The van der Waals surface area contributed by atoms with Gasteiger partial charge in [-0.2, -0.15) is 4.98 Å². The highest BCUT2D eigenvalue weighted by Gasteiger charge is 2.38. The number of piperidine rings is 1. The first-order chi connectivity index (χ1) is 14.1. The second-order valence-electron chi connectivity index (χ2n) is 8.28. The molecule has 0 radical (unpaired) electrons. The lowest BCUT2D eigenvalue weighted by Gasteiger charge is -2.34. The topological polar surface area (TPSA) is 78.1 Å². The lowest BCUT2D eigenvalue weighted by atomic mass is 9.75. The van der Waals surface area contributed by atoms with Crippen molar-refractivity contribution in [2.75, 3.05) is 23.3 Å². The van der Waals surface area contributed by atoms with Gasteiger partial charge in [-0.15, -0.1) is 0 Å². The van der Waals surface area contributed by atoms with E-state index in [1.54, 1.807) is 0 Å². The minimum Gasteiger partial charge on any atom is -0.343 e. The first-order valence-electron chi connectivity index (χ1n) is 10.6. The van der Waals surface area contributed by atoms with Crippen molar-refractivity contribution in [3.05, 3.63) is 62.6 Å². The number of ketones is 1. The summed E-state index contributed by atoms with van der Waals surface area (Å²) in [5.74, 6) is 1.02. The van der Waals surface area contributed by atoms with E-state index < -0.39 is 0 Å². The van der Waals surface area contributed by atoms with Crippen molar-refractivity contribution in [1.29, 1.82) is 0 Å². The number of anilines is 2. The summed E-state index contributed by atoms with van der Waals surface area (Å²) in [6.45, 7) is 3.86. The van der Waals surface area contributed by atoms with Crippen LogP contribution in [0.15, 0.2) is 40.3 Å². The zero-order valence-electron chi connectivity index (χ0n) is 16.8. The minimum absolute atomic E-state index is 0.136. The molecule has 1 atom stereocenters. The normalized spacial score (nSPS) is 21.5. The number of aryl methyl sites for hydroxylation is 1. The Morgan fingerprint density at radius 1 is 1.03 bits per heavy atom. The van der Waals surface area contributed by atoms with E-state index in [9.17, 15) is 9.59 Å². The van der Waals surface area contributed by atoms with Gasteiger partial charge in [-0.25, -0.2) is 0 Å². The number of carbonyl (C=O) groups is 1. The fourth-order valence-corrected chi connectivity index (χ4v) is 4.93. The molecule has 0 unspecified atom stereocenters. The number of hydrogen-bond acceptors (Lipinski definition) is 5. The van der Waals surface area contributed by atoms with E-state index >= 15 is 0 Å². The van der Waals surface area contributed by atoms with Gasteiger partial charge in [0.15, 0.2) is 5.78 Å². The van der Waals surface area contributed by atoms with Crippen LogP contribution < -0.4 is 15.8 Å². The Labute approximate surface area is 170 Å². The molecular weight excluding hydrogens is 364 g/mol. The van der Waals surface area contributed by atoms with E-state index in [-0.39, 0.29) is 17.3 Å². The highest BCUT2D eigenvalue weighted by molar-refractivity contribution is 6.01. The standard InChI is InChI=1S/C23H26N4O2/c1-14-8-3-4-9-15(14)18-19-16(10-7-11-17(19)28)24-21-20(18)22(29)26-23(25-21)27-12-5-2-6-13-27/h3-4,8-9,18H,2,5-7,10-13H2,1H3,(H2,24,25,26,29)/t18-/m1/s1. The van der Waals surface area contributed by atoms with Crippen LogP contribution in [-0.4, -0.2) is 28.8 Å². The molecule has 0 saturated carbocycles. The van der Waals surface area contributed by atoms with E-state index in [4.69, 9.17) is 4.98 Å². The molecule has 1 saturated heterocycles. The number of H-pyrrole nitrogens is 1. The number of nitrogens with one attached hydrogen (secondary N) is 2. The predicted octanol–water partition coefficient (Wildman–Crippen LogP) is 3.63. The smallest absolute Gasteiger partial charge is 0.258 e. The van der Waals surface area contributed by atoms with Crippen LogP contribution >= 0.6 is 0 Å². The number of nitrogens with zero attached hydrogens (tertiary/aromatic N) is 2. The number of hydrogen-bond donors (Lipinski definition) is 2. The Bertz CT molecular complexity index is 1060. The van der Waals surface area contributed by atoms with Gasteiger partial charge >= 0.3 is 0 Å². The lowest BCUT2D eigenvalue weighted by molar-refractivity contribution is -0.116. The van der Waals surface area contributed by atoms with Gasteiger partial charge in [0.25, 0.3) is 5.56 Å². The van der Waals surface area contributed by atoms with Crippen molar-refractivity contribution in [2.45, 2.75) is 51.4 Å². The van der Waals surface area contributed by atoms with Gasteiger partial charge in [0, 0.05) is 36.7 Å². The first kappa shape index (κ1) is 18.2. The van der Waals surface area contributed by atoms with E-state index in [0.29, 0.717) is 23.8 Å². The third-order valence-corrected chi connectivity index (χ3v) is 6.40. The summed E-state index contributed by atoms with van der Waals surface area (Å²) < 4.78 is 0. The number of benzene rings is 1. The van der Waals surface area contributed by atoms with Gasteiger partial charge in [0.05, 0.1) is 5.56 Å². The van der Waals surface area contributed by atoms with Crippen LogP contribution in [0.3, 0.4) is 0 Å². The molecule has 0 bridgehead atoms. The number of allylic oxidation sites excluding steroid dienone is 2. The maximum Gasteiger partial charge on any atom is 0.258 e. The summed E-state index contributed by atoms with van der Waals surface area (Å²) in [7, 11) is 0. The summed E-state index contributed by atoms with van der Waals surface area (Å²) in [5, 5.41) is 3.37. The molecule has 2 aliphatic heterocycles. The molecular formula is C23H26N4O2. The number of rotatable bonds is 2. The van der Waals surface area contributed by atoms with Crippen LogP contribution in [0, 0.1) is 6.92 Å². The quantitative estimate of drug-likeness (QED) is 0.819. The first-order valence-corrected chi connectivity index (χ1v) is 10.6. The van der Waals surface area contributed by atoms with Crippen LogP contribution in [-0.2, 0) is 4.79 Å². The van der Waals surface area contributed by atoms with Crippen LogP contribution in [0.25, 0.3) is 0 Å². The number of fused-ring (bicyclic) bond motifs is 1. The van der Waals surface area contributed by atoms with Crippen molar-refractivity contribution in [2.24, 2.45) is 0 Å². The molecule has 0 spiro atoms. The average Bonchev–Trinajstić information content (AvgIpc) is 2.73. The van der Waals surface area contributed by atoms with Gasteiger partial charge in [-0.3, -0.25) is 14.6 Å².